The summed E-state index contributed by atoms with van der Waals surface area (Å²) in [7, 11) is 0. The minimum atomic E-state index is 0.642. The maximum Gasteiger partial charge on any atom is 0.130 e. The Hall–Kier alpha value is -1.51. The lowest BCUT2D eigenvalue weighted by Crippen LogP contribution is -2.02. The van der Waals surface area contributed by atoms with Gasteiger partial charge in [0.2, 0.25) is 0 Å². The van der Waals surface area contributed by atoms with E-state index in [-0.39, 0.29) is 0 Å². The van der Waals surface area contributed by atoms with Gasteiger partial charge in [0.1, 0.15) is 11.5 Å². The normalized spacial score (nSPS) is 10.4. The van der Waals surface area contributed by atoms with Crippen LogP contribution in [0.25, 0.3) is 0 Å². The van der Waals surface area contributed by atoms with Gasteiger partial charge in [-0.3, -0.25) is 0 Å². The molecule has 0 saturated carbocycles. The van der Waals surface area contributed by atoms with Crippen LogP contribution in [0.4, 0.5) is 0 Å². The highest BCUT2D eigenvalue weighted by Gasteiger charge is 2.03. The van der Waals surface area contributed by atoms with Gasteiger partial charge in [-0.1, -0.05) is 23.7 Å². The standard InChI is InChI=1S/C15H16ClNO/c1-11-2-3-12(8-9-17)10-15(11)18-14-6-4-13(16)5-7-14/h2-7,10H,8-9,17H2,1H3. The molecule has 0 fully saturated rings. The van der Waals surface area contributed by atoms with E-state index in [4.69, 9.17) is 22.1 Å². The highest BCUT2D eigenvalue weighted by molar-refractivity contribution is 6.30. The van der Waals surface area contributed by atoms with Gasteiger partial charge in [0.05, 0.1) is 0 Å². The summed E-state index contributed by atoms with van der Waals surface area (Å²) in [6.07, 6.45) is 0.858. The Labute approximate surface area is 112 Å². The van der Waals surface area contributed by atoms with Gasteiger partial charge in [-0.05, 0) is 61.3 Å². The maximum atomic E-state index is 5.85. The molecule has 2 rings (SSSR count). The van der Waals surface area contributed by atoms with Gasteiger partial charge < -0.3 is 10.5 Å². The molecule has 2 N–H and O–H groups in total. The maximum absolute atomic E-state index is 5.85. The zero-order chi connectivity index (χ0) is 13.0. The van der Waals surface area contributed by atoms with Gasteiger partial charge in [-0.2, -0.15) is 0 Å². The quantitative estimate of drug-likeness (QED) is 0.905. The fourth-order valence-electron chi connectivity index (χ4n) is 1.71. The summed E-state index contributed by atoms with van der Waals surface area (Å²) < 4.78 is 5.85. The van der Waals surface area contributed by atoms with E-state index in [9.17, 15) is 0 Å². The molecule has 0 aliphatic rings. The van der Waals surface area contributed by atoms with Crippen LogP contribution >= 0.6 is 11.6 Å². The number of benzene rings is 2. The molecule has 18 heavy (non-hydrogen) atoms. The Morgan fingerprint density at radius 1 is 1.11 bits per heavy atom. The molecule has 0 atom stereocenters. The van der Waals surface area contributed by atoms with E-state index in [1.807, 2.05) is 37.3 Å². The number of aryl methyl sites for hydroxylation is 1. The fraction of sp³-hybridized carbons (Fsp3) is 0.200. The predicted octanol–water partition coefficient (Wildman–Crippen LogP) is 3.94. The molecule has 0 spiro atoms. The second-order valence-corrected chi connectivity index (χ2v) is 4.63. The first-order chi connectivity index (χ1) is 8.69. The number of rotatable bonds is 4. The van der Waals surface area contributed by atoms with Crippen molar-refractivity contribution in [2.45, 2.75) is 13.3 Å². The lowest BCUT2D eigenvalue weighted by atomic mass is 10.1. The van der Waals surface area contributed by atoms with Gasteiger partial charge in [0.25, 0.3) is 0 Å². The molecule has 3 heteroatoms. The first kappa shape index (κ1) is 12.9. The Kier molecular flexibility index (Phi) is 4.24. The highest BCUT2D eigenvalue weighted by atomic mass is 35.5. The lowest BCUT2D eigenvalue weighted by molar-refractivity contribution is 0.478. The largest absolute Gasteiger partial charge is 0.457 e. The van der Waals surface area contributed by atoms with Crippen LogP contribution in [-0.4, -0.2) is 6.54 Å². The molecule has 0 aromatic heterocycles. The molecule has 0 aliphatic carbocycles. The molecule has 94 valence electrons. The summed E-state index contributed by atoms with van der Waals surface area (Å²) in [5.74, 6) is 1.65. The summed E-state index contributed by atoms with van der Waals surface area (Å²) in [6.45, 7) is 2.67. The van der Waals surface area contributed by atoms with E-state index in [0.29, 0.717) is 11.6 Å². The minimum Gasteiger partial charge on any atom is -0.457 e. The molecule has 0 amide bonds. The van der Waals surface area contributed by atoms with Crippen molar-refractivity contribution >= 4 is 11.6 Å². The van der Waals surface area contributed by atoms with E-state index in [1.165, 1.54) is 5.56 Å². The smallest absolute Gasteiger partial charge is 0.130 e. The number of hydrogen-bond acceptors (Lipinski definition) is 2. The third-order valence-electron chi connectivity index (χ3n) is 2.73. The van der Waals surface area contributed by atoms with Crippen LogP contribution < -0.4 is 10.5 Å². The van der Waals surface area contributed by atoms with Gasteiger partial charge >= 0.3 is 0 Å². The first-order valence-electron chi connectivity index (χ1n) is 5.92. The molecule has 2 aromatic rings. The molecule has 0 saturated heterocycles. The topological polar surface area (TPSA) is 35.2 Å². The van der Waals surface area contributed by atoms with Gasteiger partial charge in [-0.15, -0.1) is 0 Å². The molecule has 0 heterocycles. The third kappa shape index (κ3) is 3.25. The second kappa shape index (κ2) is 5.89. The number of ether oxygens (including phenoxy) is 1. The zero-order valence-corrected chi connectivity index (χ0v) is 11.1. The Bertz CT molecular complexity index is 523. The first-order valence-corrected chi connectivity index (χ1v) is 6.30. The predicted molar refractivity (Wildman–Crippen MR) is 75.5 cm³/mol. The van der Waals surface area contributed by atoms with Crippen LogP contribution in [-0.2, 0) is 6.42 Å². The Balaban J connectivity index is 2.22. The van der Waals surface area contributed by atoms with Crippen LogP contribution in [0.5, 0.6) is 11.5 Å². The van der Waals surface area contributed by atoms with Gasteiger partial charge in [0.15, 0.2) is 0 Å². The zero-order valence-electron chi connectivity index (χ0n) is 10.3. The highest BCUT2D eigenvalue weighted by Crippen LogP contribution is 2.27. The summed E-state index contributed by atoms with van der Waals surface area (Å²) in [5.41, 5.74) is 7.85. The monoisotopic (exact) mass is 261 g/mol. The average molecular weight is 262 g/mol. The minimum absolute atomic E-state index is 0.642. The van der Waals surface area contributed by atoms with Crippen molar-refractivity contribution in [3.63, 3.8) is 0 Å². The van der Waals surface area contributed by atoms with E-state index in [1.54, 1.807) is 0 Å². The van der Waals surface area contributed by atoms with Crippen LogP contribution in [0.1, 0.15) is 11.1 Å². The van der Waals surface area contributed by atoms with Crippen LogP contribution in [0.2, 0.25) is 5.02 Å². The summed E-state index contributed by atoms with van der Waals surface area (Å²) in [4.78, 5) is 0. The molecule has 2 nitrogen and oxygen atoms in total. The van der Waals surface area contributed by atoms with E-state index >= 15 is 0 Å². The van der Waals surface area contributed by atoms with Crippen molar-refractivity contribution in [1.82, 2.24) is 0 Å². The summed E-state index contributed by atoms with van der Waals surface area (Å²) in [6, 6.07) is 13.5. The van der Waals surface area contributed by atoms with Crippen molar-refractivity contribution in [1.29, 1.82) is 0 Å². The van der Waals surface area contributed by atoms with Crippen molar-refractivity contribution < 1.29 is 4.74 Å². The third-order valence-corrected chi connectivity index (χ3v) is 2.98. The average Bonchev–Trinajstić information content (AvgIpc) is 2.36. The summed E-state index contributed by atoms with van der Waals surface area (Å²) >= 11 is 5.84. The molecule has 0 unspecified atom stereocenters. The molecular formula is C15H16ClNO. The fourth-order valence-corrected chi connectivity index (χ4v) is 1.83. The SMILES string of the molecule is Cc1ccc(CCN)cc1Oc1ccc(Cl)cc1. The van der Waals surface area contributed by atoms with E-state index < -0.39 is 0 Å². The molecule has 0 bridgehead atoms. The number of hydrogen-bond donors (Lipinski definition) is 1. The van der Waals surface area contributed by atoms with E-state index in [2.05, 4.69) is 12.1 Å². The van der Waals surface area contributed by atoms with Crippen molar-refractivity contribution in [2.75, 3.05) is 6.54 Å². The van der Waals surface area contributed by atoms with Gasteiger partial charge in [-0.25, -0.2) is 0 Å². The van der Waals surface area contributed by atoms with Crippen LogP contribution in [0, 0.1) is 6.92 Å². The van der Waals surface area contributed by atoms with Crippen LogP contribution in [0.15, 0.2) is 42.5 Å². The van der Waals surface area contributed by atoms with Crippen molar-refractivity contribution in [3.8, 4) is 11.5 Å². The van der Waals surface area contributed by atoms with E-state index in [0.717, 1.165) is 23.5 Å². The molecule has 2 aromatic carbocycles. The lowest BCUT2D eigenvalue weighted by Gasteiger charge is -2.10. The molecular weight excluding hydrogens is 246 g/mol. The van der Waals surface area contributed by atoms with Crippen LogP contribution in [0.3, 0.4) is 0 Å². The molecule has 0 radical (unpaired) electrons. The Morgan fingerprint density at radius 3 is 2.50 bits per heavy atom. The van der Waals surface area contributed by atoms with Crippen molar-refractivity contribution in [2.24, 2.45) is 5.73 Å². The number of halogens is 1. The molecule has 0 aliphatic heterocycles. The van der Waals surface area contributed by atoms with Gasteiger partial charge in [0, 0.05) is 5.02 Å². The Morgan fingerprint density at radius 2 is 1.83 bits per heavy atom. The van der Waals surface area contributed by atoms with Crippen molar-refractivity contribution in [3.05, 3.63) is 58.6 Å². The summed E-state index contributed by atoms with van der Waals surface area (Å²) in [5, 5.41) is 0.705. The second-order valence-electron chi connectivity index (χ2n) is 4.19. The number of nitrogens with two attached hydrogens (primary N) is 1.